The maximum atomic E-state index is 12.4. The molecule has 0 spiro atoms. The summed E-state index contributed by atoms with van der Waals surface area (Å²) in [6.45, 7) is 0.0699. The highest BCUT2D eigenvalue weighted by Gasteiger charge is 2.44. The Bertz CT molecular complexity index is 754. The van der Waals surface area contributed by atoms with E-state index in [1.54, 1.807) is 0 Å². The third-order valence-electron chi connectivity index (χ3n) is 3.77. The predicted octanol–water partition coefficient (Wildman–Crippen LogP) is -0.423. The summed E-state index contributed by atoms with van der Waals surface area (Å²) < 4.78 is 36.3. The number of hydrogen-bond donors (Lipinski definition) is 3. The smallest absolute Gasteiger partial charge is 0.331 e. The number of hydrogen-bond acceptors (Lipinski definition) is 6. The van der Waals surface area contributed by atoms with E-state index in [4.69, 9.17) is 9.47 Å². The van der Waals surface area contributed by atoms with Crippen LogP contribution in [0.2, 0.25) is 0 Å². The number of sulfonamides is 1. The lowest BCUT2D eigenvalue weighted by Gasteiger charge is -2.23. The average molecular weight is 358 g/mol. The molecule has 1 fully saturated rings. The summed E-state index contributed by atoms with van der Waals surface area (Å²) in [6, 6.07) is 3.82. The van der Waals surface area contributed by atoms with E-state index in [1.165, 1.54) is 26.3 Å². The van der Waals surface area contributed by atoms with Crippen LogP contribution in [0.1, 0.15) is 16.8 Å². The van der Waals surface area contributed by atoms with E-state index in [1.807, 2.05) is 0 Å². The number of carboxylic acids is 1. The van der Waals surface area contributed by atoms with Gasteiger partial charge in [0.15, 0.2) is 5.54 Å². The molecular formula is C14H18N2O7S. The Labute approximate surface area is 139 Å². The third-order valence-corrected chi connectivity index (χ3v) is 5.20. The van der Waals surface area contributed by atoms with Gasteiger partial charge < -0.3 is 19.9 Å². The van der Waals surface area contributed by atoms with Crippen LogP contribution >= 0.6 is 0 Å². The van der Waals surface area contributed by atoms with Gasteiger partial charge in [0, 0.05) is 18.6 Å². The molecule has 9 nitrogen and oxygen atoms in total. The second kappa shape index (κ2) is 6.75. The number of methoxy groups -OCH3 is 1. The minimum atomic E-state index is -3.85. The molecule has 1 unspecified atom stereocenters. The summed E-state index contributed by atoms with van der Waals surface area (Å²) in [5, 5.41) is 11.8. The van der Waals surface area contributed by atoms with Gasteiger partial charge in [-0.15, -0.1) is 0 Å². The molecule has 1 aliphatic rings. The van der Waals surface area contributed by atoms with Crippen LogP contribution in [0.3, 0.4) is 0 Å². The minimum Gasteiger partial charge on any atom is -0.495 e. The molecule has 1 amide bonds. The molecule has 3 N–H and O–H groups in total. The first-order valence-electron chi connectivity index (χ1n) is 7.01. The Morgan fingerprint density at radius 2 is 2.08 bits per heavy atom. The zero-order valence-electron chi connectivity index (χ0n) is 13.2. The maximum absolute atomic E-state index is 12.4. The molecule has 0 saturated carbocycles. The molecule has 0 aromatic heterocycles. The quantitative estimate of drug-likeness (QED) is 0.629. The zero-order valence-corrected chi connectivity index (χ0v) is 14.0. The van der Waals surface area contributed by atoms with E-state index in [0.29, 0.717) is 0 Å². The average Bonchev–Trinajstić information content (AvgIpc) is 3.04. The molecule has 0 aliphatic carbocycles. The number of rotatable bonds is 6. The SMILES string of the molecule is CNS(=O)(=O)c1cc(C(=O)NC2(C(=O)O)CCOC2)ccc1OC. The molecule has 1 heterocycles. The molecule has 1 aliphatic heterocycles. The van der Waals surface area contributed by atoms with Crippen LogP contribution in [-0.4, -0.2) is 58.3 Å². The Hall–Kier alpha value is -2.17. The normalized spacial score (nSPS) is 20.6. The second-order valence-corrected chi connectivity index (χ2v) is 7.07. The Kier molecular flexibility index (Phi) is 5.11. The molecule has 0 bridgehead atoms. The van der Waals surface area contributed by atoms with Crippen molar-refractivity contribution >= 4 is 21.9 Å². The summed E-state index contributed by atoms with van der Waals surface area (Å²) in [6.07, 6.45) is 0.131. The van der Waals surface area contributed by atoms with Crippen LogP contribution < -0.4 is 14.8 Å². The molecule has 1 aromatic rings. The fourth-order valence-electron chi connectivity index (χ4n) is 2.31. The van der Waals surface area contributed by atoms with Gasteiger partial charge in [0.05, 0.1) is 13.7 Å². The van der Waals surface area contributed by atoms with Crippen molar-refractivity contribution in [2.24, 2.45) is 0 Å². The van der Waals surface area contributed by atoms with Gasteiger partial charge in [-0.3, -0.25) is 4.79 Å². The number of nitrogens with one attached hydrogen (secondary N) is 2. The van der Waals surface area contributed by atoms with Crippen LogP contribution in [0, 0.1) is 0 Å². The summed E-state index contributed by atoms with van der Waals surface area (Å²) in [5.74, 6) is -1.85. The van der Waals surface area contributed by atoms with Crippen molar-refractivity contribution in [2.45, 2.75) is 16.9 Å². The highest BCUT2D eigenvalue weighted by molar-refractivity contribution is 7.89. The maximum Gasteiger partial charge on any atom is 0.331 e. The molecule has 2 rings (SSSR count). The number of aliphatic carboxylic acids is 1. The van der Waals surface area contributed by atoms with Crippen molar-refractivity contribution in [3.8, 4) is 5.75 Å². The van der Waals surface area contributed by atoms with Crippen LogP contribution in [0.25, 0.3) is 0 Å². The molecule has 132 valence electrons. The second-order valence-electron chi connectivity index (χ2n) is 5.22. The fourth-order valence-corrected chi connectivity index (χ4v) is 3.23. The lowest BCUT2D eigenvalue weighted by molar-refractivity contribution is -0.144. The molecule has 10 heteroatoms. The number of ether oxygens (including phenoxy) is 2. The van der Waals surface area contributed by atoms with E-state index in [0.717, 1.165) is 6.07 Å². The van der Waals surface area contributed by atoms with E-state index in [9.17, 15) is 23.1 Å². The number of benzene rings is 1. The third kappa shape index (κ3) is 3.35. The largest absolute Gasteiger partial charge is 0.495 e. The highest BCUT2D eigenvalue weighted by Crippen LogP contribution is 2.26. The van der Waals surface area contributed by atoms with E-state index in [2.05, 4.69) is 10.0 Å². The van der Waals surface area contributed by atoms with Gasteiger partial charge >= 0.3 is 5.97 Å². The van der Waals surface area contributed by atoms with E-state index < -0.39 is 27.4 Å². The molecule has 1 atom stereocenters. The number of carbonyl (C=O) groups is 2. The van der Waals surface area contributed by atoms with Crippen molar-refractivity contribution in [1.82, 2.24) is 10.0 Å². The number of amides is 1. The van der Waals surface area contributed by atoms with Crippen molar-refractivity contribution in [1.29, 1.82) is 0 Å². The Morgan fingerprint density at radius 3 is 2.58 bits per heavy atom. The molecule has 24 heavy (non-hydrogen) atoms. The molecule has 1 saturated heterocycles. The number of carbonyl (C=O) groups excluding carboxylic acids is 1. The molecular weight excluding hydrogens is 340 g/mol. The van der Waals surface area contributed by atoms with E-state index in [-0.39, 0.29) is 35.8 Å². The van der Waals surface area contributed by atoms with Gasteiger partial charge in [0.1, 0.15) is 10.6 Å². The standard InChI is InChI=1S/C14H18N2O7S/c1-15-24(20,21)11-7-9(3-4-10(11)22-2)12(17)16-14(13(18)19)5-6-23-8-14/h3-4,7,15H,5-6,8H2,1-2H3,(H,16,17)(H,18,19). The van der Waals surface area contributed by atoms with Crippen LogP contribution in [0.15, 0.2) is 23.1 Å². The topological polar surface area (TPSA) is 131 Å². The Balaban J connectivity index is 2.37. The van der Waals surface area contributed by atoms with Crippen molar-refractivity contribution in [2.75, 3.05) is 27.4 Å². The predicted molar refractivity (Wildman–Crippen MR) is 82.5 cm³/mol. The van der Waals surface area contributed by atoms with Crippen LogP contribution in [-0.2, 0) is 19.6 Å². The van der Waals surface area contributed by atoms with Gasteiger partial charge in [-0.1, -0.05) is 0 Å². The first-order valence-corrected chi connectivity index (χ1v) is 8.49. The summed E-state index contributed by atoms with van der Waals surface area (Å²) in [4.78, 5) is 23.6. The number of carboxylic acid groups (broad SMARTS) is 1. The van der Waals surface area contributed by atoms with Crippen LogP contribution in [0.4, 0.5) is 0 Å². The van der Waals surface area contributed by atoms with Crippen molar-refractivity contribution in [3.63, 3.8) is 0 Å². The molecule has 1 aromatic carbocycles. The van der Waals surface area contributed by atoms with Gasteiger partial charge in [0.25, 0.3) is 5.91 Å². The van der Waals surface area contributed by atoms with Crippen molar-refractivity contribution < 1.29 is 32.6 Å². The summed E-state index contributed by atoms with van der Waals surface area (Å²) in [5.41, 5.74) is -1.52. The summed E-state index contributed by atoms with van der Waals surface area (Å²) >= 11 is 0. The monoisotopic (exact) mass is 358 g/mol. The van der Waals surface area contributed by atoms with E-state index >= 15 is 0 Å². The van der Waals surface area contributed by atoms with Gasteiger partial charge in [-0.2, -0.15) is 0 Å². The fraction of sp³-hybridized carbons (Fsp3) is 0.429. The lowest BCUT2D eigenvalue weighted by atomic mass is 9.98. The first-order chi connectivity index (χ1) is 11.3. The van der Waals surface area contributed by atoms with Gasteiger partial charge in [0.2, 0.25) is 10.0 Å². The lowest BCUT2D eigenvalue weighted by Crippen LogP contribution is -2.55. The first kappa shape index (κ1) is 18.2. The van der Waals surface area contributed by atoms with Gasteiger partial charge in [-0.05, 0) is 25.2 Å². The molecule has 0 radical (unpaired) electrons. The Morgan fingerprint density at radius 1 is 1.38 bits per heavy atom. The van der Waals surface area contributed by atoms with Gasteiger partial charge in [-0.25, -0.2) is 17.9 Å². The van der Waals surface area contributed by atoms with Crippen LogP contribution in [0.5, 0.6) is 5.75 Å². The highest BCUT2D eigenvalue weighted by atomic mass is 32.2. The minimum absolute atomic E-state index is 0.00264. The summed E-state index contributed by atoms with van der Waals surface area (Å²) in [7, 11) is -1.31. The zero-order chi connectivity index (χ0) is 18.0. The van der Waals surface area contributed by atoms with Crippen molar-refractivity contribution in [3.05, 3.63) is 23.8 Å².